The molecule has 0 amide bonds. The molecule has 0 saturated carbocycles. The van der Waals surface area contributed by atoms with E-state index >= 15 is 0 Å². The van der Waals surface area contributed by atoms with E-state index in [4.69, 9.17) is 11.6 Å². The summed E-state index contributed by atoms with van der Waals surface area (Å²) < 4.78 is 41.5. The van der Waals surface area contributed by atoms with Crippen molar-refractivity contribution in [1.29, 1.82) is 0 Å². The number of rotatable bonds is 2. The number of nitrogens with zero attached hydrogens (tertiary/aromatic N) is 3. The van der Waals surface area contributed by atoms with E-state index in [0.29, 0.717) is 30.6 Å². The number of hydrogen-bond donors (Lipinski definition) is 0. The smallest absolute Gasteiger partial charge is 0.284 e. The monoisotopic (exact) mass is 329 g/mol. The van der Waals surface area contributed by atoms with Gasteiger partial charge in [0, 0.05) is 13.6 Å². The Labute approximate surface area is 127 Å². The molecule has 8 heteroatoms. The molecule has 112 valence electrons. The van der Waals surface area contributed by atoms with Crippen molar-refractivity contribution in [2.75, 3.05) is 10.8 Å². The lowest BCUT2D eigenvalue weighted by Gasteiger charge is -2.29. The summed E-state index contributed by atoms with van der Waals surface area (Å²) in [7, 11) is -2.23. The van der Waals surface area contributed by atoms with E-state index < -0.39 is 10.0 Å². The van der Waals surface area contributed by atoms with Crippen LogP contribution in [0.5, 0.6) is 0 Å². The lowest BCUT2D eigenvalue weighted by Crippen LogP contribution is -2.36. The van der Waals surface area contributed by atoms with Crippen LogP contribution in [0.2, 0.25) is 5.15 Å². The molecule has 0 radical (unpaired) electrons. The topological polar surface area (TPSA) is 55.2 Å². The van der Waals surface area contributed by atoms with Crippen molar-refractivity contribution in [2.45, 2.75) is 17.9 Å². The molecule has 1 aliphatic rings. The molecule has 0 bridgehead atoms. The Kier molecular flexibility index (Phi) is 3.41. The number of imidazole rings is 1. The fourth-order valence-corrected chi connectivity index (χ4v) is 4.39. The lowest BCUT2D eigenvalue weighted by molar-refractivity contribution is 0.582. The number of fused-ring (bicyclic) bond motifs is 1. The van der Waals surface area contributed by atoms with Gasteiger partial charge in [0.05, 0.1) is 12.0 Å². The molecular formula is C13H13ClFN3O2S. The van der Waals surface area contributed by atoms with Crippen LogP contribution < -0.4 is 4.31 Å². The number of aromatic nitrogens is 2. The van der Waals surface area contributed by atoms with Crippen molar-refractivity contribution in [2.24, 2.45) is 7.05 Å². The zero-order valence-electron chi connectivity index (χ0n) is 11.3. The van der Waals surface area contributed by atoms with Gasteiger partial charge in [0.2, 0.25) is 5.03 Å². The molecule has 0 fully saturated rings. The Morgan fingerprint density at radius 2 is 2.14 bits per heavy atom. The summed E-state index contributed by atoms with van der Waals surface area (Å²) in [4.78, 5) is 3.88. The zero-order valence-corrected chi connectivity index (χ0v) is 12.8. The summed E-state index contributed by atoms with van der Waals surface area (Å²) in [5.74, 6) is -0.371. The van der Waals surface area contributed by atoms with E-state index in [1.54, 1.807) is 7.05 Å². The van der Waals surface area contributed by atoms with E-state index in [9.17, 15) is 12.8 Å². The Hall–Kier alpha value is -1.60. The van der Waals surface area contributed by atoms with E-state index in [0.717, 1.165) is 0 Å². The molecule has 0 unspecified atom stereocenters. The summed E-state index contributed by atoms with van der Waals surface area (Å²) in [5, 5.41) is -0.118. The average molecular weight is 330 g/mol. The third-order valence-corrected chi connectivity index (χ3v) is 5.79. The van der Waals surface area contributed by atoms with E-state index in [2.05, 4.69) is 4.98 Å². The van der Waals surface area contributed by atoms with Crippen molar-refractivity contribution >= 4 is 27.3 Å². The normalized spacial score (nSPS) is 15.1. The first-order chi connectivity index (χ1) is 9.91. The highest BCUT2D eigenvalue weighted by Crippen LogP contribution is 2.33. The van der Waals surface area contributed by atoms with Crippen LogP contribution in [0, 0.1) is 5.82 Å². The molecule has 0 aliphatic carbocycles. The Morgan fingerprint density at radius 3 is 2.81 bits per heavy atom. The van der Waals surface area contributed by atoms with Gasteiger partial charge in [0.25, 0.3) is 10.0 Å². The van der Waals surface area contributed by atoms with Crippen LogP contribution in [-0.2, 0) is 23.5 Å². The second-order valence-electron chi connectivity index (χ2n) is 4.91. The third kappa shape index (κ3) is 2.30. The minimum atomic E-state index is -3.85. The Balaban J connectivity index is 2.12. The van der Waals surface area contributed by atoms with Crippen LogP contribution in [0.1, 0.15) is 12.0 Å². The maximum Gasteiger partial charge on any atom is 0.284 e. The minimum absolute atomic E-state index is 0.0595. The zero-order chi connectivity index (χ0) is 15.2. The van der Waals surface area contributed by atoms with Crippen molar-refractivity contribution < 1.29 is 12.8 Å². The maximum absolute atomic E-state index is 13.3. The Bertz CT molecular complexity index is 804. The summed E-state index contributed by atoms with van der Waals surface area (Å²) in [6, 6.07) is 4.11. The number of aryl methyl sites for hydroxylation is 2. The van der Waals surface area contributed by atoms with Crippen LogP contribution in [0.3, 0.4) is 0 Å². The fourth-order valence-electron chi connectivity index (χ4n) is 2.45. The van der Waals surface area contributed by atoms with Gasteiger partial charge in [0.15, 0.2) is 0 Å². The predicted octanol–water partition coefficient (Wildman–Crippen LogP) is 2.35. The second-order valence-corrected chi connectivity index (χ2v) is 7.04. The highest BCUT2D eigenvalue weighted by molar-refractivity contribution is 7.92. The molecule has 1 aliphatic heterocycles. The standard InChI is InChI=1S/C13H13ClFN3O2S/c1-17-8-16-13(12(17)14)21(19,20)18-6-2-3-9-7-10(15)4-5-11(9)18/h4-5,7-8H,2-3,6H2,1H3. The van der Waals surface area contributed by atoms with Gasteiger partial charge in [-0.25, -0.2) is 9.37 Å². The predicted molar refractivity (Wildman–Crippen MR) is 77.5 cm³/mol. The SMILES string of the molecule is Cn1cnc(S(=O)(=O)N2CCCc3cc(F)ccc32)c1Cl. The molecule has 0 N–H and O–H groups in total. The molecule has 1 aromatic carbocycles. The first-order valence-corrected chi connectivity index (χ1v) is 8.21. The van der Waals surface area contributed by atoms with Gasteiger partial charge < -0.3 is 4.57 Å². The van der Waals surface area contributed by atoms with Gasteiger partial charge in [-0.05, 0) is 36.6 Å². The van der Waals surface area contributed by atoms with E-state index in [-0.39, 0.29) is 16.0 Å². The number of sulfonamides is 1. The van der Waals surface area contributed by atoms with Crippen LogP contribution >= 0.6 is 11.6 Å². The Morgan fingerprint density at radius 1 is 1.38 bits per heavy atom. The second kappa shape index (κ2) is 4.99. The van der Waals surface area contributed by atoms with E-state index in [1.807, 2.05) is 0 Å². The van der Waals surface area contributed by atoms with Gasteiger partial charge in [-0.1, -0.05) is 11.6 Å². The van der Waals surface area contributed by atoms with Crippen molar-refractivity contribution in [3.8, 4) is 0 Å². The number of hydrogen-bond acceptors (Lipinski definition) is 3. The third-order valence-electron chi connectivity index (χ3n) is 3.49. The number of benzene rings is 1. The fraction of sp³-hybridized carbons (Fsp3) is 0.308. The molecule has 0 spiro atoms. The number of anilines is 1. The molecule has 2 aromatic rings. The molecule has 1 aromatic heterocycles. The summed E-state index contributed by atoms with van der Waals surface area (Å²) in [6.45, 7) is 0.327. The minimum Gasteiger partial charge on any atom is -0.324 e. The first-order valence-electron chi connectivity index (χ1n) is 6.39. The van der Waals surface area contributed by atoms with Crippen LogP contribution in [0.4, 0.5) is 10.1 Å². The maximum atomic E-state index is 13.3. The van der Waals surface area contributed by atoms with Crippen LogP contribution in [0.15, 0.2) is 29.6 Å². The van der Waals surface area contributed by atoms with Gasteiger partial charge in [0.1, 0.15) is 11.0 Å². The van der Waals surface area contributed by atoms with Gasteiger partial charge in [-0.15, -0.1) is 0 Å². The van der Waals surface area contributed by atoms with Crippen molar-refractivity contribution in [3.05, 3.63) is 41.1 Å². The van der Waals surface area contributed by atoms with E-state index in [1.165, 1.54) is 33.4 Å². The average Bonchev–Trinajstić information content (AvgIpc) is 2.78. The molecule has 0 saturated heterocycles. The van der Waals surface area contributed by atoms with Crippen LogP contribution in [0.25, 0.3) is 0 Å². The highest BCUT2D eigenvalue weighted by Gasteiger charge is 2.33. The molecule has 21 heavy (non-hydrogen) atoms. The largest absolute Gasteiger partial charge is 0.324 e. The molecule has 2 heterocycles. The van der Waals surface area contributed by atoms with Gasteiger partial charge in [-0.2, -0.15) is 8.42 Å². The van der Waals surface area contributed by atoms with Crippen molar-refractivity contribution in [3.63, 3.8) is 0 Å². The highest BCUT2D eigenvalue weighted by atomic mass is 35.5. The molecule has 3 rings (SSSR count). The number of halogens is 2. The van der Waals surface area contributed by atoms with Gasteiger partial charge in [-0.3, -0.25) is 4.31 Å². The lowest BCUT2D eigenvalue weighted by atomic mass is 10.0. The quantitative estimate of drug-likeness (QED) is 0.850. The molecular weight excluding hydrogens is 317 g/mol. The van der Waals surface area contributed by atoms with Gasteiger partial charge >= 0.3 is 0 Å². The molecule has 0 atom stereocenters. The summed E-state index contributed by atoms with van der Waals surface area (Å²) >= 11 is 6.00. The summed E-state index contributed by atoms with van der Waals surface area (Å²) in [6.07, 6.45) is 2.62. The summed E-state index contributed by atoms with van der Waals surface area (Å²) in [5.41, 5.74) is 1.17. The first kappa shape index (κ1) is 14.3. The molecule has 5 nitrogen and oxygen atoms in total. The van der Waals surface area contributed by atoms with Crippen LogP contribution in [-0.4, -0.2) is 24.5 Å². The van der Waals surface area contributed by atoms with Crippen molar-refractivity contribution in [1.82, 2.24) is 9.55 Å².